The maximum atomic E-state index is 12.3. The smallest absolute Gasteiger partial charge is 0.238 e. The van der Waals surface area contributed by atoms with Crippen LogP contribution in [0.15, 0.2) is 24.3 Å². The highest BCUT2D eigenvalue weighted by molar-refractivity contribution is 5.92. The number of nitrogens with zero attached hydrogens (tertiary/aromatic N) is 4. The fraction of sp³-hybridized carbons (Fsp3) is 0.526. The largest absolute Gasteiger partial charge is 0.378 e. The molecule has 0 bridgehead atoms. The first-order valence-electron chi connectivity index (χ1n) is 9.24. The van der Waals surface area contributed by atoms with E-state index in [2.05, 4.69) is 21.2 Å². The lowest BCUT2D eigenvalue weighted by atomic mass is 10.2. The Hall–Kier alpha value is -2.47. The minimum atomic E-state index is -0.0717. The summed E-state index contributed by atoms with van der Waals surface area (Å²) in [5.41, 5.74) is 1.25. The Balaban J connectivity index is 1.37. The Bertz CT molecular complexity index is 686. The highest BCUT2D eigenvalue weighted by Gasteiger charge is 2.23. The number of hydrogen-bond acceptors (Lipinski definition) is 6. The molecule has 2 fully saturated rings. The number of carbonyl (C=O) groups is 2. The van der Waals surface area contributed by atoms with E-state index in [0.717, 1.165) is 26.2 Å². The van der Waals surface area contributed by atoms with Crippen LogP contribution in [0, 0.1) is 11.3 Å². The quantitative estimate of drug-likeness (QED) is 0.782. The van der Waals surface area contributed by atoms with Crippen molar-refractivity contribution < 1.29 is 14.3 Å². The number of nitriles is 1. The molecule has 2 saturated heterocycles. The highest BCUT2D eigenvalue weighted by Crippen LogP contribution is 2.09. The lowest BCUT2D eigenvalue weighted by molar-refractivity contribution is -0.137. The number of carbonyl (C=O) groups excluding carboxylic acids is 2. The number of anilines is 1. The van der Waals surface area contributed by atoms with Gasteiger partial charge in [-0.25, -0.2) is 0 Å². The molecule has 0 saturated carbocycles. The standard InChI is InChI=1S/C19H25N5O3/c20-13-16-1-3-17(4-2-16)21-18(25)14-22-5-7-23(8-6-22)15-19(26)24-9-11-27-12-10-24/h1-4H,5-12,14-15H2,(H,21,25). The SMILES string of the molecule is N#Cc1ccc(NC(=O)CN2CCN(CC(=O)N3CCOCC3)CC2)cc1. The number of nitrogens with one attached hydrogen (secondary N) is 1. The second kappa shape index (κ2) is 9.46. The minimum Gasteiger partial charge on any atom is -0.378 e. The predicted octanol–water partition coefficient (Wildman–Crippen LogP) is -0.0268. The summed E-state index contributed by atoms with van der Waals surface area (Å²) in [5.74, 6) is 0.0860. The summed E-state index contributed by atoms with van der Waals surface area (Å²) in [4.78, 5) is 30.6. The van der Waals surface area contributed by atoms with E-state index in [9.17, 15) is 9.59 Å². The number of amides is 2. The Kier molecular flexibility index (Phi) is 6.76. The van der Waals surface area contributed by atoms with Gasteiger partial charge in [0.25, 0.3) is 0 Å². The van der Waals surface area contributed by atoms with Crippen LogP contribution in [0.5, 0.6) is 0 Å². The van der Waals surface area contributed by atoms with Crippen LogP contribution >= 0.6 is 0 Å². The van der Waals surface area contributed by atoms with Gasteiger partial charge in [-0.1, -0.05) is 0 Å². The van der Waals surface area contributed by atoms with Gasteiger partial charge < -0.3 is 15.0 Å². The van der Waals surface area contributed by atoms with Crippen molar-refractivity contribution in [1.82, 2.24) is 14.7 Å². The van der Waals surface area contributed by atoms with E-state index in [4.69, 9.17) is 10.00 Å². The number of rotatable bonds is 5. The highest BCUT2D eigenvalue weighted by atomic mass is 16.5. The molecule has 8 heteroatoms. The van der Waals surface area contributed by atoms with Crippen molar-refractivity contribution in [3.8, 4) is 6.07 Å². The Morgan fingerprint density at radius 2 is 1.56 bits per heavy atom. The molecule has 0 aromatic heterocycles. The van der Waals surface area contributed by atoms with Gasteiger partial charge in [-0.2, -0.15) is 5.26 Å². The van der Waals surface area contributed by atoms with Crippen molar-refractivity contribution >= 4 is 17.5 Å². The summed E-state index contributed by atoms with van der Waals surface area (Å²) in [6.45, 7) is 6.43. The molecule has 0 spiro atoms. The second-order valence-electron chi connectivity index (χ2n) is 6.78. The summed E-state index contributed by atoms with van der Waals surface area (Å²) in [7, 11) is 0. The van der Waals surface area contributed by atoms with Gasteiger partial charge in [-0.15, -0.1) is 0 Å². The predicted molar refractivity (Wildman–Crippen MR) is 100 cm³/mol. The molecule has 0 atom stereocenters. The van der Waals surface area contributed by atoms with Gasteiger partial charge in [0, 0.05) is 45.0 Å². The third-order valence-corrected chi connectivity index (χ3v) is 4.85. The van der Waals surface area contributed by atoms with Crippen LogP contribution in [0.2, 0.25) is 0 Å². The molecule has 0 unspecified atom stereocenters. The molecule has 2 heterocycles. The van der Waals surface area contributed by atoms with E-state index in [1.807, 2.05) is 4.90 Å². The zero-order chi connectivity index (χ0) is 19.1. The van der Waals surface area contributed by atoms with Crippen molar-refractivity contribution in [3.05, 3.63) is 29.8 Å². The summed E-state index contributed by atoms with van der Waals surface area (Å²) in [6, 6.07) is 8.87. The van der Waals surface area contributed by atoms with E-state index in [1.165, 1.54) is 0 Å². The lowest BCUT2D eigenvalue weighted by Gasteiger charge is -2.35. The van der Waals surface area contributed by atoms with Crippen LogP contribution in [0.4, 0.5) is 5.69 Å². The zero-order valence-corrected chi connectivity index (χ0v) is 15.4. The summed E-state index contributed by atoms with van der Waals surface area (Å²) >= 11 is 0. The van der Waals surface area contributed by atoms with E-state index >= 15 is 0 Å². The minimum absolute atomic E-state index is 0.0717. The monoisotopic (exact) mass is 371 g/mol. The van der Waals surface area contributed by atoms with Gasteiger partial charge in [0.15, 0.2) is 0 Å². The normalized spacial score (nSPS) is 18.7. The average molecular weight is 371 g/mol. The maximum Gasteiger partial charge on any atom is 0.238 e. The Morgan fingerprint density at radius 1 is 0.963 bits per heavy atom. The fourth-order valence-electron chi connectivity index (χ4n) is 3.24. The van der Waals surface area contributed by atoms with Crippen LogP contribution in [0.25, 0.3) is 0 Å². The summed E-state index contributed by atoms with van der Waals surface area (Å²) in [6.07, 6.45) is 0. The molecular formula is C19H25N5O3. The second-order valence-corrected chi connectivity index (χ2v) is 6.78. The molecule has 1 aromatic rings. The van der Waals surface area contributed by atoms with Crippen LogP contribution < -0.4 is 5.32 Å². The molecule has 0 aliphatic carbocycles. The molecule has 1 N–H and O–H groups in total. The molecule has 8 nitrogen and oxygen atoms in total. The zero-order valence-electron chi connectivity index (χ0n) is 15.4. The van der Waals surface area contributed by atoms with E-state index in [-0.39, 0.29) is 11.8 Å². The number of morpholine rings is 1. The molecule has 0 radical (unpaired) electrons. The molecular weight excluding hydrogens is 346 g/mol. The van der Waals surface area contributed by atoms with Crippen molar-refractivity contribution in [2.45, 2.75) is 0 Å². The lowest BCUT2D eigenvalue weighted by Crippen LogP contribution is -2.52. The van der Waals surface area contributed by atoms with Crippen molar-refractivity contribution in [2.24, 2.45) is 0 Å². The molecule has 144 valence electrons. The first kappa shape index (κ1) is 19.3. The molecule has 2 aliphatic rings. The van der Waals surface area contributed by atoms with Gasteiger partial charge in [0.05, 0.1) is 37.9 Å². The van der Waals surface area contributed by atoms with E-state index in [1.54, 1.807) is 24.3 Å². The van der Waals surface area contributed by atoms with Gasteiger partial charge in [-0.05, 0) is 24.3 Å². The summed E-state index contributed by atoms with van der Waals surface area (Å²) in [5, 5.41) is 11.7. The van der Waals surface area contributed by atoms with Crippen LogP contribution in [-0.2, 0) is 14.3 Å². The van der Waals surface area contributed by atoms with E-state index < -0.39 is 0 Å². The molecule has 2 amide bonds. The van der Waals surface area contributed by atoms with Gasteiger partial charge >= 0.3 is 0 Å². The van der Waals surface area contributed by atoms with Gasteiger partial charge in [0.2, 0.25) is 11.8 Å². The molecule has 2 aliphatic heterocycles. The van der Waals surface area contributed by atoms with Crippen molar-refractivity contribution in [1.29, 1.82) is 5.26 Å². The first-order valence-corrected chi connectivity index (χ1v) is 9.24. The number of piperazine rings is 1. The summed E-state index contributed by atoms with van der Waals surface area (Å²) < 4.78 is 5.28. The number of ether oxygens (including phenoxy) is 1. The third kappa shape index (κ3) is 5.76. The number of benzene rings is 1. The first-order chi connectivity index (χ1) is 13.1. The average Bonchev–Trinajstić information content (AvgIpc) is 2.70. The van der Waals surface area contributed by atoms with Gasteiger partial charge in [-0.3, -0.25) is 19.4 Å². The topological polar surface area (TPSA) is 88.9 Å². The number of hydrogen-bond donors (Lipinski definition) is 1. The third-order valence-electron chi connectivity index (χ3n) is 4.85. The van der Waals surface area contributed by atoms with Crippen molar-refractivity contribution in [3.63, 3.8) is 0 Å². The van der Waals surface area contributed by atoms with Gasteiger partial charge in [0.1, 0.15) is 0 Å². The van der Waals surface area contributed by atoms with Crippen molar-refractivity contribution in [2.75, 3.05) is 70.9 Å². The molecule has 27 heavy (non-hydrogen) atoms. The van der Waals surface area contributed by atoms with Crippen LogP contribution in [-0.4, -0.2) is 92.1 Å². The van der Waals surface area contributed by atoms with Crippen LogP contribution in [0.3, 0.4) is 0 Å². The fourth-order valence-corrected chi connectivity index (χ4v) is 3.24. The Morgan fingerprint density at radius 3 is 2.15 bits per heavy atom. The maximum absolute atomic E-state index is 12.3. The van der Waals surface area contributed by atoms with Crippen LogP contribution in [0.1, 0.15) is 5.56 Å². The molecule has 1 aromatic carbocycles. The van der Waals surface area contributed by atoms with E-state index in [0.29, 0.717) is 50.6 Å². The molecule has 3 rings (SSSR count). The Labute approximate surface area is 159 Å².